The summed E-state index contributed by atoms with van der Waals surface area (Å²) in [5.41, 5.74) is 14.2. The first-order valence-corrected chi connectivity index (χ1v) is 7.40. The van der Waals surface area contributed by atoms with Crippen LogP contribution in [0.15, 0.2) is 45.3 Å². The van der Waals surface area contributed by atoms with Crippen molar-refractivity contribution < 1.29 is 9.21 Å². The number of rotatable bonds is 3. The Morgan fingerprint density at radius 1 is 1.23 bits per heavy atom. The minimum Gasteiger partial charge on any atom is -0.460 e. The fraction of sp³-hybridized carbons (Fsp3) is 0.0625. The molecule has 0 aliphatic carbocycles. The van der Waals surface area contributed by atoms with Gasteiger partial charge in [-0.15, -0.1) is 0 Å². The summed E-state index contributed by atoms with van der Waals surface area (Å²) in [4.78, 5) is 11.6. The quantitative estimate of drug-likeness (QED) is 0.617. The summed E-state index contributed by atoms with van der Waals surface area (Å²) in [6.07, 6.45) is 0. The second kappa shape index (κ2) is 5.38. The first-order chi connectivity index (χ1) is 10.5. The highest BCUT2D eigenvalue weighted by Crippen LogP contribution is 2.36. The van der Waals surface area contributed by atoms with E-state index in [9.17, 15) is 4.79 Å². The molecule has 22 heavy (non-hydrogen) atoms. The molecule has 1 amide bonds. The molecule has 0 spiro atoms. The van der Waals surface area contributed by atoms with Crippen molar-refractivity contribution in [3.05, 3.63) is 52.2 Å². The van der Waals surface area contributed by atoms with E-state index in [-0.39, 0.29) is 5.56 Å². The van der Waals surface area contributed by atoms with Crippen LogP contribution in [0.4, 0.5) is 17.1 Å². The van der Waals surface area contributed by atoms with Gasteiger partial charge >= 0.3 is 0 Å². The number of aryl methyl sites for hydroxylation is 1. The third-order valence-corrected chi connectivity index (χ3v) is 3.87. The number of primary amides is 1. The van der Waals surface area contributed by atoms with Gasteiger partial charge in [0.1, 0.15) is 11.3 Å². The highest BCUT2D eigenvalue weighted by atomic mass is 79.9. The molecule has 1 heterocycles. The van der Waals surface area contributed by atoms with E-state index in [1.165, 1.54) is 6.07 Å². The van der Waals surface area contributed by atoms with Crippen LogP contribution < -0.4 is 16.8 Å². The monoisotopic (exact) mass is 359 g/mol. The van der Waals surface area contributed by atoms with Crippen LogP contribution in [0.1, 0.15) is 16.1 Å². The highest BCUT2D eigenvalue weighted by molar-refractivity contribution is 9.10. The van der Waals surface area contributed by atoms with Crippen LogP contribution in [0.2, 0.25) is 0 Å². The van der Waals surface area contributed by atoms with Gasteiger partial charge in [0.05, 0.1) is 16.9 Å². The largest absolute Gasteiger partial charge is 0.460 e. The normalized spacial score (nSPS) is 10.8. The van der Waals surface area contributed by atoms with E-state index in [0.717, 1.165) is 15.5 Å². The summed E-state index contributed by atoms with van der Waals surface area (Å²) in [6, 6.07) is 11.1. The number of anilines is 3. The fourth-order valence-electron chi connectivity index (χ4n) is 2.35. The van der Waals surface area contributed by atoms with Crippen molar-refractivity contribution in [2.45, 2.75) is 6.92 Å². The van der Waals surface area contributed by atoms with Crippen molar-refractivity contribution in [3.8, 4) is 0 Å². The Morgan fingerprint density at radius 3 is 2.55 bits per heavy atom. The van der Waals surface area contributed by atoms with Crippen LogP contribution in [0.25, 0.3) is 11.0 Å². The number of nitrogens with one attached hydrogen (secondary N) is 1. The van der Waals surface area contributed by atoms with Gasteiger partial charge in [0, 0.05) is 15.5 Å². The molecule has 5 nitrogen and oxygen atoms in total. The molecule has 0 saturated carbocycles. The Labute approximate surface area is 135 Å². The molecule has 0 atom stereocenters. The maximum atomic E-state index is 11.6. The van der Waals surface area contributed by atoms with E-state index in [2.05, 4.69) is 21.2 Å². The van der Waals surface area contributed by atoms with Crippen molar-refractivity contribution >= 4 is 49.9 Å². The van der Waals surface area contributed by atoms with E-state index >= 15 is 0 Å². The molecule has 0 aliphatic rings. The van der Waals surface area contributed by atoms with Crippen LogP contribution in [-0.4, -0.2) is 5.91 Å². The number of halogens is 1. The number of carbonyl (C=O) groups excluding carboxylic acids is 1. The molecule has 6 heteroatoms. The van der Waals surface area contributed by atoms with Gasteiger partial charge in [0.15, 0.2) is 0 Å². The minimum atomic E-state index is -0.568. The van der Waals surface area contributed by atoms with E-state index in [4.69, 9.17) is 15.9 Å². The Kier molecular flexibility index (Phi) is 3.54. The van der Waals surface area contributed by atoms with Gasteiger partial charge in [-0.3, -0.25) is 4.79 Å². The zero-order valence-corrected chi connectivity index (χ0v) is 13.4. The van der Waals surface area contributed by atoms with Gasteiger partial charge in [-0.1, -0.05) is 15.9 Å². The predicted octanol–water partition coefficient (Wildman–Crippen LogP) is 3.93. The van der Waals surface area contributed by atoms with E-state index in [0.29, 0.717) is 22.7 Å². The number of nitrogens with two attached hydrogens (primary N) is 2. The van der Waals surface area contributed by atoms with Gasteiger partial charge in [0.2, 0.25) is 0 Å². The van der Waals surface area contributed by atoms with Gasteiger partial charge in [-0.25, -0.2) is 0 Å². The third kappa shape index (κ3) is 2.53. The average molecular weight is 360 g/mol. The molecule has 0 unspecified atom stereocenters. The molecule has 1 aromatic heterocycles. The number of furan rings is 1. The Bertz CT molecular complexity index is 869. The SMILES string of the molecule is Cc1cc2c(Nc3ccc(Br)cc3)c(N)cc(C(N)=O)c2o1. The van der Waals surface area contributed by atoms with Crippen molar-refractivity contribution in [3.63, 3.8) is 0 Å². The number of fused-ring (bicyclic) bond motifs is 1. The highest BCUT2D eigenvalue weighted by Gasteiger charge is 2.17. The standard InChI is InChI=1S/C16H14BrN3O2/c1-8-6-11-14(20-10-4-2-9(17)3-5-10)13(18)7-12(16(19)21)15(11)22-8/h2-7,20H,18H2,1H3,(H2,19,21). The lowest BCUT2D eigenvalue weighted by Gasteiger charge is -2.12. The summed E-state index contributed by atoms with van der Waals surface area (Å²) in [5.74, 6) is 0.114. The number of amides is 1. The van der Waals surface area contributed by atoms with Crippen LogP contribution in [0.5, 0.6) is 0 Å². The molecule has 2 aromatic carbocycles. The molecule has 0 bridgehead atoms. The van der Waals surface area contributed by atoms with Crippen molar-refractivity contribution in [1.29, 1.82) is 0 Å². The topological polar surface area (TPSA) is 94.3 Å². The molecule has 0 aliphatic heterocycles. The maximum absolute atomic E-state index is 11.6. The van der Waals surface area contributed by atoms with Crippen molar-refractivity contribution in [2.24, 2.45) is 5.73 Å². The maximum Gasteiger partial charge on any atom is 0.252 e. The summed E-state index contributed by atoms with van der Waals surface area (Å²) in [6.45, 7) is 1.81. The fourth-order valence-corrected chi connectivity index (χ4v) is 2.61. The number of nitrogen functional groups attached to an aromatic ring is 1. The lowest BCUT2D eigenvalue weighted by atomic mass is 10.1. The lowest BCUT2D eigenvalue weighted by Crippen LogP contribution is -2.12. The van der Waals surface area contributed by atoms with Crippen LogP contribution >= 0.6 is 15.9 Å². The molecular formula is C16H14BrN3O2. The first kappa shape index (κ1) is 14.5. The number of benzene rings is 2. The molecule has 5 N–H and O–H groups in total. The summed E-state index contributed by atoms with van der Waals surface area (Å²) >= 11 is 3.40. The van der Waals surface area contributed by atoms with Gasteiger partial charge in [-0.05, 0) is 43.3 Å². The zero-order chi connectivity index (χ0) is 15.9. The summed E-state index contributed by atoms with van der Waals surface area (Å²) in [7, 11) is 0. The lowest BCUT2D eigenvalue weighted by molar-refractivity contribution is 0.100. The number of carbonyl (C=O) groups is 1. The van der Waals surface area contributed by atoms with Gasteiger partial charge < -0.3 is 21.2 Å². The second-order valence-corrected chi connectivity index (χ2v) is 5.90. The average Bonchev–Trinajstić information content (AvgIpc) is 2.85. The van der Waals surface area contributed by atoms with Crippen LogP contribution in [0, 0.1) is 6.92 Å². The third-order valence-electron chi connectivity index (χ3n) is 3.34. The van der Waals surface area contributed by atoms with Crippen LogP contribution in [-0.2, 0) is 0 Å². The number of hydrogen-bond donors (Lipinski definition) is 3. The minimum absolute atomic E-state index is 0.280. The molecule has 112 valence electrons. The zero-order valence-electron chi connectivity index (χ0n) is 11.8. The van der Waals surface area contributed by atoms with E-state index in [1.807, 2.05) is 37.3 Å². The Hall–Kier alpha value is -2.47. The first-order valence-electron chi connectivity index (χ1n) is 6.60. The number of hydrogen-bond acceptors (Lipinski definition) is 4. The second-order valence-electron chi connectivity index (χ2n) is 4.98. The van der Waals surface area contributed by atoms with Gasteiger partial charge in [0.25, 0.3) is 5.91 Å². The van der Waals surface area contributed by atoms with Crippen LogP contribution in [0.3, 0.4) is 0 Å². The summed E-state index contributed by atoms with van der Waals surface area (Å²) < 4.78 is 6.59. The predicted molar refractivity (Wildman–Crippen MR) is 91.3 cm³/mol. The molecule has 3 rings (SSSR count). The Balaban J connectivity index is 2.17. The molecule has 0 saturated heterocycles. The Morgan fingerprint density at radius 2 is 1.91 bits per heavy atom. The molecule has 3 aromatic rings. The van der Waals surface area contributed by atoms with Gasteiger partial charge in [-0.2, -0.15) is 0 Å². The smallest absolute Gasteiger partial charge is 0.252 e. The van der Waals surface area contributed by atoms with E-state index in [1.54, 1.807) is 0 Å². The molecule has 0 fully saturated rings. The van der Waals surface area contributed by atoms with E-state index < -0.39 is 5.91 Å². The molecule has 0 radical (unpaired) electrons. The van der Waals surface area contributed by atoms with Crippen molar-refractivity contribution in [2.75, 3.05) is 11.1 Å². The molecular weight excluding hydrogens is 346 g/mol. The van der Waals surface area contributed by atoms with Crippen molar-refractivity contribution in [1.82, 2.24) is 0 Å². The summed E-state index contributed by atoms with van der Waals surface area (Å²) in [5, 5.41) is 3.99.